The second-order valence-electron chi connectivity index (χ2n) is 5.31. The SMILES string of the molecule is CC(C)(C)c1ccc(-n2nc(C(=O)O)nc2N)cc1. The van der Waals surface area contributed by atoms with Crippen molar-refractivity contribution in [1.29, 1.82) is 0 Å². The Balaban J connectivity index is 2.40. The molecule has 6 nitrogen and oxygen atoms in total. The molecule has 1 heterocycles. The van der Waals surface area contributed by atoms with E-state index in [4.69, 9.17) is 10.8 Å². The molecule has 19 heavy (non-hydrogen) atoms. The Hall–Kier alpha value is -2.37. The third-order valence-electron chi connectivity index (χ3n) is 2.80. The van der Waals surface area contributed by atoms with Crippen LogP contribution in [0, 0.1) is 0 Å². The van der Waals surface area contributed by atoms with Crippen LogP contribution < -0.4 is 5.73 Å². The normalized spacial score (nSPS) is 11.5. The molecule has 0 radical (unpaired) electrons. The van der Waals surface area contributed by atoms with E-state index in [1.807, 2.05) is 24.3 Å². The maximum atomic E-state index is 10.8. The molecule has 1 aromatic heterocycles. The summed E-state index contributed by atoms with van der Waals surface area (Å²) < 4.78 is 1.32. The molecule has 1 aromatic carbocycles. The topological polar surface area (TPSA) is 94.0 Å². The lowest BCUT2D eigenvalue weighted by Crippen LogP contribution is -2.11. The second kappa shape index (κ2) is 4.38. The minimum absolute atomic E-state index is 0.0542. The average molecular weight is 260 g/mol. The largest absolute Gasteiger partial charge is 0.475 e. The number of rotatable bonds is 2. The van der Waals surface area contributed by atoms with Crippen LogP contribution in [0.25, 0.3) is 5.69 Å². The number of hydrogen-bond donors (Lipinski definition) is 2. The Morgan fingerprint density at radius 2 is 1.84 bits per heavy atom. The van der Waals surface area contributed by atoms with Crippen LogP contribution in [0.2, 0.25) is 0 Å². The van der Waals surface area contributed by atoms with Crippen molar-refractivity contribution in [2.75, 3.05) is 5.73 Å². The Kier molecular flexibility index (Phi) is 3.01. The summed E-state index contributed by atoms with van der Waals surface area (Å²) in [7, 11) is 0. The van der Waals surface area contributed by atoms with Gasteiger partial charge in [-0.3, -0.25) is 0 Å². The van der Waals surface area contributed by atoms with E-state index in [-0.39, 0.29) is 17.2 Å². The molecule has 2 rings (SSSR count). The molecule has 0 saturated carbocycles. The number of carboxylic acids is 1. The molecule has 0 atom stereocenters. The lowest BCUT2D eigenvalue weighted by Gasteiger charge is -2.19. The summed E-state index contributed by atoms with van der Waals surface area (Å²) in [6.45, 7) is 6.36. The quantitative estimate of drug-likeness (QED) is 0.859. The Labute approximate surface area is 110 Å². The van der Waals surface area contributed by atoms with Crippen molar-refractivity contribution in [3.8, 4) is 5.69 Å². The molecule has 100 valence electrons. The fourth-order valence-corrected chi connectivity index (χ4v) is 1.71. The molecule has 0 bridgehead atoms. The number of nitrogen functional groups attached to an aromatic ring is 1. The fraction of sp³-hybridized carbons (Fsp3) is 0.308. The van der Waals surface area contributed by atoms with E-state index in [0.29, 0.717) is 5.69 Å². The van der Waals surface area contributed by atoms with Crippen molar-refractivity contribution in [3.05, 3.63) is 35.7 Å². The molecule has 0 aliphatic rings. The van der Waals surface area contributed by atoms with Crippen LogP contribution >= 0.6 is 0 Å². The first-order valence-corrected chi connectivity index (χ1v) is 5.86. The van der Waals surface area contributed by atoms with Crippen LogP contribution in [-0.2, 0) is 5.41 Å². The number of nitrogens with two attached hydrogens (primary N) is 1. The summed E-state index contributed by atoms with van der Waals surface area (Å²) in [4.78, 5) is 14.5. The van der Waals surface area contributed by atoms with Crippen LogP contribution in [-0.4, -0.2) is 25.8 Å². The summed E-state index contributed by atoms with van der Waals surface area (Å²) >= 11 is 0. The van der Waals surface area contributed by atoms with Crippen LogP contribution in [0.15, 0.2) is 24.3 Å². The molecular weight excluding hydrogens is 244 g/mol. The van der Waals surface area contributed by atoms with E-state index in [9.17, 15) is 4.79 Å². The van der Waals surface area contributed by atoms with Crippen molar-refractivity contribution >= 4 is 11.9 Å². The number of hydrogen-bond acceptors (Lipinski definition) is 4. The highest BCUT2D eigenvalue weighted by atomic mass is 16.4. The standard InChI is InChI=1S/C13H16N4O2/c1-13(2,3)8-4-6-9(7-5-8)17-12(14)15-10(16-17)11(18)19/h4-7H,1-3H3,(H,18,19)(H2,14,15,16). The van der Waals surface area contributed by atoms with Gasteiger partial charge in [-0.1, -0.05) is 32.9 Å². The van der Waals surface area contributed by atoms with Gasteiger partial charge in [-0.05, 0) is 23.1 Å². The predicted molar refractivity (Wildman–Crippen MR) is 71.4 cm³/mol. The highest BCUT2D eigenvalue weighted by Gasteiger charge is 2.16. The smallest absolute Gasteiger partial charge is 0.375 e. The van der Waals surface area contributed by atoms with Crippen molar-refractivity contribution in [2.24, 2.45) is 0 Å². The molecule has 0 saturated heterocycles. The maximum Gasteiger partial charge on any atom is 0.375 e. The second-order valence-corrected chi connectivity index (χ2v) is 5.31. The molecule has 0 fully saturated rings. The van der Waals surface area contributed by atoms with Crippen LogP contribution in [0.5, 0.6) is 0 Å². The van der Waals surface area contributed by atoms with E-state index >= 15 is 0 Å². The van der Waals surface area contributed by atoms with Crippen LogP contribution in [0.4, 0.5) is 5.95 Å². The van der Waals surface area contributed by atoms with Gasteiger partial charge in [0, 0.05) is 0 Å². The van der Waals surface area contributed by atoms with Gasteiger partial charge in [0.25, 0.3) is 5.82 Å². The Bertz CT molecular complexity index is 609. The zero-order valence-corrected chi connectivity index (χ0v) is 11.1. The first kappa shape index (κ1) is 13.1. The number of aromatic carboxylic acids is 1. The van der Waals surface area contributed by atoms with Gasteiger partial charge in [-0.15, -0.1) is 5.10 Å². The zero-order valence-electron chi connectivity index (χ0n) is 11.1. The lowest BCUT2D eigenvalue weighted by molar-refractivity contribution is 0.0683. The van der Waals surface area contributed by atoms with Crippen molar-refractivity contribution in [1.82, 2.24) is 14.8 Å². The van der Waals surface area contributed by atoms with Gasteiger partial charge < -0.3 is 10.8 Å². The monoisotopic (exact) mass is 260 g/mol. The number of carboxylic acid groups (broad SMARTS) is 1. The lowest BCUT2D eigenvalue weighted by atomic mass is 9.87. The van der Waals surface area contributed by atoms with E-state index in [2.05, 4.69) is 30.9 Å². The maximum absolute atomic E-state index is 10.8. The first-order valence-electron chi connectivity index (χ1n) is 5.86. The number of aromatic nitrogens is 3. The Morgan fingerprint density at radius 3 is 2.26 bits per heavy atom. The van der Waals surface area contributed by atoms with E-state index in [0.717, 1.165) is 0 Å². The third kappa shape index (κ3) is 2.57. The van der Waals surface area contributed by atoms with Gasteiger partial charge in [0.2, 0.25) is 5.95 Å². The molecule has 0 unspecified atom stereocenters. The van der Waals surface area contributed by atoms with Crippen molar-refractivity contribution in [3.63, 3.8) is 0 Å². The minimum Gasteiger partial charge on any atom is -0.475 e. The summed E-state index contributed by atoms with van der Waals surface area (Å²) in [5.74, 6) is -1.45. The van der Waals surface area contributed by atoms with E-state index in [1.165, 1.54) is 10.2 Å². The molecule has 0 aliphatic heterocycles. The van der Waals surface area contributed by atoms with Gasteiger partial charge in [0.1, 0.15) is 0 Å². The van der Waals surface area contributed by atoms with Gasteiger partial charge in [0.15, 0.2) is 0 Å². The molecule has 0 spiro atoms. The zero-order chi connectivity index (χ0) is 14.2. The summed E-state index contributed by atoms with van der Waals surface area (Å²) in [5.41, 5.74) is 7.58. The Morgan fingerprint density at radius 1 is 1.26 bits per heavy atom. The van der Waals surface area contributed by atoms with Gasteiger partial charge in [-0.2, -0.15) is 9.67 Å². The molecule has 3 N–H and O–H groups in total. The van der Waals surface area contributed by atoms with E-state index < -0.39 is 5.97 Å². The predicted octanol–water partition coefficient (Wildman–Crippen LogP) is 1.85. The van der Waals surface area contributed by atoms with Gasteiger partial charge in [0.05, 0.1) is 5.69 Å². The molecular formula is C13H16N4O2. The average Bonchev–Trinajstić information content (AvgIpc) is 2.70. The summed E-state index contributed by atoms with van der Waals surface area (Å²) in [6, 6.07) is 7.63. The molecule has 6 heteroatoms. The highest BCUT2D eigenvalue weighted by Crippen LogP contribution is 2.23. The van der Waals surface area contributed by atoms with Gasteiger partial charge in [-0.25, -0.2) is 4.79 Å². The number of carbonyl (C=O) groups is 1. The number of benzene rings is 1. The van der Waals surface area contributed by atoms with Crippen molar-refractivity contribution in [2.45, 2.75) is 26.2 Å². The molecule has 0 amide bonds. The van der Waals surface area contributed by atoms with Crippen LogP contribution in [0.3, 0.4) is 0 Å². The van der Waals surface area contributed by atoms with E-state index in [1.54, 1.807) is 0 Å². The van der Waals surface area contributed by atoms with Gasteiger partial charge >= 0.3 is 5.97 Å². The summed E-state index contributed by atoms with van der Waals surface area (Å²) in [5, 5.41) is 12.7. The minimum atomic E-state index is -1.20. The summed E-state index contributed by atoms with van der Waals surface area (Å²) in [6.07, 6.45) is 0. The fourth-order valence-electron chi connectivity index (χ4n) is 1.71. The van der Waals surface area contributed by atoms with Crippen molar-refractivity contribution < 1.29 is 9.90 Å². The third-order valence-corrected chi connectivity index (χ3v) is 2.80. The number of anilines is 1. The highest BCUT2D eigenvalue weighted by molar-refractivity contribution is 5.83. The number of nitrogens with zero attached hydrogens (tertiary/aromatic N) is 3. The molecule has 2 aromatic rings. The first-order chi connectivity index (χ1) is 8.79. The van der Waals surface area contributed by atoms with Crippen LogP contribution in [0.1, 0.15) is 37.0 Å². The molecule has 0 aliphatic carbocycles.